The maximum absolute atomic E-state index is 13.5. The minimum Gasteiger partial charge on any atom is -0.457 e. The smallest absolute Gasteiger partial charge is 0.421 e. The molecule has 3 heterocycles. The quantitative estimate of drug-likeness (QED) is 0.219. The van der Waals surface area contributed by atoms with Gasteiger partial charge < -0.3 is 33.8 Å². The van der Waals surface area contributed by atoms with Gasteiger partial charge in [0.15, 0.2) is 6.10 Å². The minimum atomic E-state index is -4.28. The summed E-state index contributed by atoms with van der Waals surface area (Å²) in [5.41, 5.74) is -0.249. The Bertz CT molecular complexity index is 1720. The highest BCUT2D eigenvalue weighted by atomic mass is 32.2. The molecular formula is C35H42N2O11S. The van der Waals surface area contributed by atoms with E-state index in [2.05, 4.69) is 4.98 Å². The topological polar surface area (TPSA) is 180 Å². The van der Waals surface area contributed by atoms with E-state index >= 15 is 0 Å². The number of aromatic amines is 1. The van der Waals surface area contributed by atoms with Gasteiger partial charge in [-0.3, -0.25) is 0 Å². The second kappa shape index (κ2) is 13.4. The molecule has 2 unspecified atom stereocenters. The van der Waals surface area contributed by atoms with Crippen LogP contribution in [0.3, 0.4) is 0 Å². The fourth-order valence-electron chi connectivity index (χ4n) is 8.22. The molecule has 1 amide bonds. The van der Waals surface area contributed by atoms with E-state index in [9.17, 15) is 27.9 Å². The van der Waals surface area contributed by atoms with Gasteiger partial charge in [0.05, 0.1) is 11.0 Å². The van der Waals surface area contributed by atoms with Gasteiger partial charge in [-0.15, -0.1) is 0 Å². The van der Waals surface area contributed by atoms with Gasteiger partial charge >= 0.3 is 18.0 Å². The zero-order valence-corrected chi connectivity index (χ0v) is 28.7. The van der Waals surface area contributed by atoms with Crippen LogP contribution in [0.4, 0.5) is 4.79 Å². The predicted molar refractivity (Wildman–Crippen MR) is 173 cm³/mol. The number of esters is 2. The summed E-state index contributed by atoms with van der Waals surface area (Å²) < 4.78 is 58.9. The van der Waals surface area contributed by atoms with Crippen molar-refractivity contribution in [3.05, 3.63) is 78.2 Å². The fourth-order valence-corrected chi connectivity index (χ4v) is 9.12. The Kier molecular flexibility index (Phi) is 9.52. The summed E-state index contributed by atoms with van der Waals surface area (Å²) in [7, 11) is -2.88. The lowest BCUT2D eigenvalue weighted by Gasteiger charge is -2.49. The van der Waals surface area contributed by atoms with Crippen LogP contribution in [0, 0.1) is 29.6 Å². The maximum atomic E-state index is 13.5. The van der Waals surface area contributed by atoms with Gasteiger partial charge in [-0.05, 0) is 50.1 Å². The van der Waals surface area contributed by atoms with Gasteiger partial charge in [-0.25, -0.2) is 27.5 Å². The van der Waals surface area contributed by atoms with Crippen LogP contribution in [0.1, 0.15) is 44.6 Å². The number of hydrogen-bond donors (Lipinski definition) is 3. The van der Waals surface area contributed by atoms with E-state index in [1.54, 1.807) is 38.2 Å². The van der Waals surface area contributed by atoms with E-state index in [1.807, 2.05) is 36.8 Å². The minimum absolute atomic E-state index is 0.116. The number of carbonyl (C=O) groups is 3. The normalized spacial score (nSPS) is 37.1. The third-order valence-electron chi connectivity index (χ3n) is 10.4. The molecule has 13 nitrogen and oxygen atoms in total. The number of nitrogens with one attached hydrogen (secondary N) is 2. The summed E-state index contributed by atoms with van der Waals surface area (Å²) in [5.74, 6) is -3.92. The second-order valence-electron chi connectivity index (χ2n) is 13.4. The first kappa shape index (κ1) is 34.9. The summed E-state index contributed by atoms with van der Waals surface area (Å²) in [6, 6.07) is 10.7. The number of H-pyrrole nitrogens is 1. The third-order valence-corrected chi connectivity index (χ3v) is 11.7. The Hall–Kier alpha value is -3.98. The lowest BCUT2D eigenvalue weighted by molar-refractivity contribution is -0.172. The van der Waals surface area contributed by atoms with Crippen LogP contribution in [0.5, 0.6) is 0 Å². The molecule has 1 saturated heterocycles. The third kappa shape index (κ3) is 6.19. The van der Waals surface area contributed by atoms with E-state index in [0.717, 1.165) is 5.57 Å². The molecule has 264 valence electrons. The molecule has 6 rings (SSSR count). The van der Waals surface area contributed by atoms with Crippen molar-refractivity contribution in [2.24, 2.45) is 29.6 Å². The molecule has 3 N–H and O–H groups in total. The first-order valence-electron chi connectivity index (χ1n) is 16.4. The molecule has 14 heteroatoms. The zero-order valence-electron chi connectivity index (χ0n) is 27.8. The molecular weight excluding hydrogens is 656 g/mol. The molecule has 1 spiro atoms. The van der Waals surface area contributed by atoms with Gasteiger partial charge in [-0.1, -0.05) is 50.3 Å². The van der Waals surface area contributed by atoms with Crippen molar-refractivity contribution >= 4 is 28.1 Å². The Balaban J connectivity index is 1.44. The van der Waals surface area contributed by atoms with Gasteiger partial charge in [0, 0.05) is 42.9 Å². The molecule has 4 aliphatic rings. The van der Waals surface area contributed by atoms with Gasteiger partial charge in [0.1, 0.15) is 35.7 Å². The monoisotopic (exact) mass is 698 g/mol. The number of carbonyl (C=O) groups excluding carboxylic acids is 3. The molecule has 2 aliphatic heterocycles. The SMILES string of the molecule is CO[C@H]1CC2C=C[C@H]3[C@H]4O[C@]2(/C(C)=C/[C@@H](C)[C@@H](C(C)O)OC1=O)[C@@H]3[C@H](OC(=O)NS(=O)(=O)c1ccccc1)[C@@H](C)[C@H]4OC(=O)c1ccc[nH]1. The molecule has 1 saturated carbocycles. The van der Waals surface area contributed by atoms with Crippen LogP contribution in [-0.4, -0.2) is 85.9 Å². The highest BCUT2D eigenvalue weighted by molar-refractivity contribution is 7.90. The first-order chi connectivity index (χ1) is 23.3. The summed E-state index contributed by atoms with van der Waals surface area (Å²) in [6.07, 6.45) is 0.757. The van der Waals surface area contributed by atoms with E-state index in [1.165, 1.54) is 31.4 Å². The second-order valence-corrected chi connectivity index (χ2v) is 15.1. The Labute approximate surface area is 285 Å². The number of methoxy groups -OCH3 is 1. The highest BCUT2D eigenvalue weighted by Crippen LogP contribution is 2.61. The average Bonchev–Trinajstić information content (AvgIpc) is 3.66. The number of benzene rings is 1. The van der Waals surface area contributed by atoms with Crippen molar-refractivity contribution in [3.63, 3.8) is 0 Å². The zero-order chi connectivity index (χ0) is 35.2. The molecule has 2 aromatic rings. The Morgan fingerprint density at radius 1 is 1.08 bits per heavy atom. The van der Waals surface area contributed by atoms with Crippen LogP contribution in [-0.2, 0) is 38.5 Å². The van der Waals surface area contributed by atoms with Crippen molar-refractivity contribution in [3.8, 4) is 0 Å². The van der Waals surface area contributed by atoms with Crippen molar-refractivity contribution in [1.82, 2.24) is 9.71 Å². The van der Waals surface area contributed by atoms with E-state index in [4.69, 9.17) is 23.7 Å². The predicted octanol–water partition coefficient (Wildman–Crippen LogP) is 3.52. The number of aliphatic hydroxyl groups excluding tert-OH is 1. The number of aliphatic hydroxyl groups is 1. The number of aromatic nitrogens is 1. The average molecular weight is 699 g/mol. The van der Waals surface area contributed by atoms with Crippen molar-refractivity contribution < 1.29 is 51.6 Å². The van der Waals surface area contributed by atoms with E-state index in [-0.39, 0.29) is 17.0 Å². The Morgan fingerprint density at radius 3 is 2.47 bits per heavy atom. The number of ether oxygens (including phenoxy) is 5. The number of rotatable bonds is 7. The molecule has 0 radical (unpaired) electrons. The van der Waals surface area contributed by atoms with E-state index in [0.29, 0.717) is 0 Å². The number of sulfonamides is 1. The summed E-state index contributed by atoms with van der Waals surface area (Å²) >= 11 is 0. The van der Waals surface area contributed by atoms with Gasteiger partial charge in [-0.2, -0.15) is 0 Å². The van der Waals surface area contributed by atoms with Crippen LogP contribution in [0.2, 0.25) is 0 Å². The largest absolute Gasteiger partial charge is 0.457 e. The molecule has 49 heavy (non-hydrogen) atoms. The lowest BCUT2D eigenvalue weighted by Crippen LogP contribution is -2.59. The fraction of sp³-hybridized carbons (Fsp3) is 0.514. The summed E-state index contributed by atoms with van der Waals surface area (Å²) in [5, 5.41) is 10.6. The number of hydrogen-bond acceptors (Lipinski definition) is 11. The summed E-state index contributed by atoms with van der Waals surface area (Å²) in [6.45, 7) is 7.02. The van der Waals surface area contributed by atoms with Crippen molar-refractivity contribution in [1.29, 1.82) is 0 Å². The van der Waals surface area contributed by atoms with Crippen molar-refractivity contribution in [2.45, 2.75) is 81.2 Å². The van der Waals surface area contributed by atoms with E-state index < -0.39 is 99.9 Å². The molecule has 2 fully saturated rings. The molecule has 2 aliphatic carbocycles. The maximum Gasteiger partial charge on any atom is 0.421 e. The number of cyclic esters (lactones) is 1. The van der Waals surface area contributed by atoms with Gasteiger partial charge in [0.2, 0.25) is 0 Å². The molecule has 1 aromatic heterocycles. The Morgan fingerprint density at radius 2 is 1.82 bits per heavy atom. The van der Waals surface area contributed by atoms with Gasteiger partial charge in [0.25, 0.3) is 10.0 Å². The van der Waals surface area contributed by atoms with Crippen LogP contribution >= 0.6 is 0 Å². The van der Waals surface area contributed by atoms with Crippen LogP contribution in [0.15, 0.2) is 77.4 Å². The molecule has 12 atom stereocenters. The molecule has 1 aromatic carbocycles. The van der Waals surface area contributed by atoms with Crippen molar-refractivity contribution in [2.75, 3.05) is 7.11 Å². The highest BCUT2D eigenvalue weighted by Gasteiger charge is 2.70. The first-order valence-corrected chi connectivity index (χ1v) is 17.9. The van der Waals surface area contributed by atoms with Crippen LogP contribution in [0.25, 0.3) is 0 Å². The molecule has 4 bridgehead atoms. The standard InChI is InChI=1S/C35H42N2O11S/c1-18-16-19(2)35-22(17-26(44-5)33(40)45-28(18)21(4)38)13-14-24-27(35)29(47-34(41)37-49(42,43)23-10-7-6-8-11-23)20(3)30(31(24)48-35)46-32(39)25-12-9-15-36-25/h6-16,18,20-22,24,26-31,36,38H,17H2,1-5H3,(H,37,41)/b19-16+/t18-,20-,21?,22?,24-,26+,27+,28+,29-,30-,31-,35+/m1/s1. The number of amides is 1. The lowest BCUT2D eigenvalue weighted by atomic mass is 9.57. The summed E-state index contributed by atoms with van der Waals surface area (Å²) in [4.78, 5) is 42.9. The van der Waals surface area contributed by atoms with Crippen LogP contribution < -0.4 is 4.72 Å².